The first-order valence-electron chi connectivity index (χ1n) is 10.0. The molecule has 0 saturated heterocycles. The first-order chi connectivity index (χ1) is 10.6. The quantitative estimate of drug-likeness (QED) is 0.153. The topological polar surface area (TPSA) is 0 Å². The minimum Gasteiger partial charge on any atom is -0.0885 e. The Bertz CT molecular complexity index is 237. The van der Waals surface area contributed by atoms with Crippen LogP contribution in [0.15, 0.2) is 12.2 Å². The van der Waals surface area contributed by atoms with Crippen LogP contribution in [0.3, 0.4) is 0 Å². The Morgan fingerprint density at radius 3 is 1.41 bits per heavy atom. The molecule has 0 amide bonds. The highest BCUT2D eigenvalue weighted by Gasteiger charge is 2.15. The minimum atomic E-state index is -0.513. The molecule has 0 N–H and O–H groups in total. The third-order valence-electron chi connectivity index (χ3n) is 4.34. The van der Waals surface area contributed by atoms with E-state index >= 15 is 0 Å². The summed E-state index contributed by atoms with van der Waals surface area (Å²) in [4.78, 5) is 0. The maximum atomic E-state index is 2.46. The van der Waals surface area contributed by atoms with Crippen molar-refractivity contribution in [3.05, 3.63) is 12.2 Å². The average Bonchev–Trinajstić information content (AvgIpc) is 2.45. The zero-order chi connectivity index (χ0) is 16.5. The molecule has 0 aromatic rings. The molecule has 0 unspecified atom stereocenters. The number of unbranched alkanes of at least 4 members (excludes halogenated alkanes) is 12. The molecule has 0 heterocycles. The van der Waals surface area contributed by atoms with Gasteiger partial charge < -0.3 is 0 Å². The van der Waals surface area contributed by atoms with Crippen molar-refractivity contribution in [2.75, 3.05) is 26.2 Å². The molecule has 0 fully saturated rings. The smallest absolute Gasteiger partial charge is 0.0586 e. The first kappa shape index (κ1) is 22.2. The Morgan fingerprint density at radius 1 is 0.545 bits per heavy atom. The van der Waals surface area contributed by atoms with Gasteiger partial charge in [-0.3, -0.25) is 0 Å². The molecule has 22 heavy (non-hydrogen) atoms. The SMILES string of the molecule is CCCCCCCC/C=C\CCCCCCCC[P+](C)(C)C. The Balaban J connectivity index is 3.11. The van der Waals surface area contributed by atoms with Crippen molar-refractivity contribution in [3.8, 4) is 0 Å². The van der Waals surface area contributed by atoms with Gasteiger partial charge in [-0.15, -0.1) is 0 Å². The van der Waals surface area contributed by atoms with Gasteiger partial charge in [-0.05, 0) is 38.5 Å². The van der Waals surface area contributed by atoms with Crippen molar-refractivity contribution < 1.29 is 0 Å². The van der Waals surface area contributed by atoms with Gasteiger partial charge in [0.15, 0.2) is 0 Å². The molecule has 0 bridgehead atoms. The van der Waals surface area contributed by atoms with Crippen LogP contribution in [0.1, 0.15) is 96.8 Å². The van der Waals surface area contributed by atoms with E-state index in [0.717, 1.165) is 0 Å². The lowest BCUT2D eigenvalue weighted by Gasteiger charge is -2.10. The van der Waals surface area contributed by atoms with Gasteiger partial charge >= 0.3 is 0 Å². The van der Waals surface area contributed by atoms with Crippen molar-refractivity contribution in [3.63, 3.8) is 0 Å². The summed E-state index contributed by atoms with van der Waals surface area (Å²) in [6.07, 6.45) is 26.1. The summed E-state index contributed by atoms with van der Waals surface area (Å²) < 4.78 is 0. The second-order valence-electron chi connectivity index (χ2n) is 7.95. The summed E-state index contributed by atoms with van der Waals surface area (Å²) in [7, 11) is -0.513. The van der Waals surface area contributed by atoms with Gasteiger partial charge in [-0.25, -0.2) is 0 Å². The van der Waals surface area contributed by atoms with Gasteiger partial charge in [0.2, 0.25) is 0 Å². The van der Waals surface area contributed by atoms with Crippen LogP contribution in [0.5, 0.6) is 0 Å². The fourth-order valence-corrected chi connectivity index (χ4v) is 4.01. The first-order valence-corrected chi connectivity index (χ1v) is 13.3. The van der Waals surface area contributed by atoms with E-state index in [2.05, 4.69) is 39.1 Å². The van der Waals surface area contributed by atoms with Gasteiger partial charge in [0.05, 0.1) is 6.16 Å². The van der Waals surface area contributed by atoms with Crippen molar-refractivity contribution >= 4 is 7.26 Å². The summed E-state index contributed by atoms with van der Waals surface area (Å²) in [6.45, 7) is 9.68. The van der Waals surface area contributed by atoms with E-state index in [1.807, 2.05) is 0 Å². The summed E-state index contributed by atoms with van der Waals surface area (Å²) in [5.74, 6) is 0. The fourth-order valence-electron chi connectivity index (χ4n) is 2.83. The second-order valence-corrected chi connectivity index (χ2v) is 13.0. The predicted molar refractivity (Wildman–Crippen MR) is 109 cm³/mol. The lowest BCUT2D eigenvalue weighted by molar-refractivity contribution is 0.607. The van der Waals surface area contributed by atoms with Crippen LogP contribution < -0.4 is 0 Å². The third-order valence-corrected chi connectivity index (χ3v) is 6.00. The molecule has 0 aliphatic rings. The highest BCUT2D eigenvalue weighted by molar-refractivity contribution is 7.73. The summed E-state index contributed by atoms with van der Waals surface area (Å²) in [5, 5.41) is 0. The van der Waals surface area contributed by atoms with Crippen LogP contribution in [0, 0.1) is 0 Å². The molecule has 0 aliphatic heterocycles. The van der Waals surface area contributed by atoms with E-state index in [-0.39, 0.29) is 0 Å². The molecule has 0 aromatic carbocycles. The molecule has 0 radical (unpaired) electrons. The zero-order valence-corrected chi connectivity index (χ0v) is 17.1. The van der Waals surface area contributed by atoms with Crippen molar-refractivity contribution in [1.82, 2.24) is 0 Å². The van der Waals surface area contributed by atoms with Crippen LogP contribution >= 0.6 is 7.26 Å². The maximum Gasteiger partial charge on any atom is 0.0586 e. The van der Waals surface area contributed by atoms with E-state index in [1.54, 1.807) is 0 Å². The standard InChI is InChI=1S/C21H44P/c1-5-6-7-8-9-10-11-12-13-14-15-16-17-18-19-20-21-22(2,3)4/h12-13H,5-11,14-21H2,1-4H3/q+1/b13-12-. The minimum absolute atomic E-state index is 0.513. The van der Waals surface area contributed by atoms with Crippen LogP contribution in [0.4, 0.5) is 0 Å². The van der Waals surface area contributed by atoms with Gasteiger partial charge in [0.25, 0.3) is 0 Å². The van der Waals surface area contributed by atoms with Gasteiger partial charge in [0.1, 0.15) is 0 Å². The Labute approximate surface area is 142 Å². The molecule has 1 heteroatoms. The van der Waals surface area contributed by atoms with E-state index < -0.39 is 7.26 Å². The molecule has 0 aromatic heterocycles. The molecule has 0 aliphatic carbocycles. The largest absolute Gasteiger partial charge is 0.0885 e. The van der Waals surface area contributed by atoms with Gasteiger partial charge in [-0.1, -0.05) is 70.4 Å². The number of hydrogen-bond donors (Lipinski definition) is 0. The van der Waals surface area contributed by atoms with Crippen molar-refractivity contribution in [2.45, 2.75) is 96.8 Å². The van der Waals surface area contributed by atoms with Gasteiger partial charge in [0, 0.05) is 27.3 Å². The summed E-state index contributed by atoms with van der Waals surface area (Å²) >= 11 is 0. The average molecular weight is 328 g/mol. The van der Waals surface area contributed by atoms with E-state index in [4.69, 9.17) is 0 Å². The fraction of sp³-hybridized carbons (Fsp3) is 0.905. The van der Waals surface area contributed by atoms with E-state index in [1.165, 1.54) is 96.1 Å². The van der Waals surface area contributed by atoms with Crippen LogP contribution in [0.25, 0.3) is 0 Å². The summed E-state index contributed by atoms with van der Waals surface area (Å²) in [6, 6.07) is 0. The second kappa shape index (κ2) is 16.0. The Kier molecular flexibility index (Phi) is 16.2. The highest BCUT2D eigenvalue weighted by atomic mass is 31.2. The molecule has 0 spiro atoms. The number of allylic oxidation sites excluding steroid dienone is 2. The number of rotatable bonds is 16. The lowest BCUT2D eigenvalue weighted by atomic mass is 10.1. The molecule has 132 valence electrons. The molecule has 0 rings (SSSR count). The molecular formula is C21H44P+. The monoisotopic (exact) mass is 327 g/mol. The lowest BCUT2D eigenvalue weighted by Crippen LogP contribution is -1.92. The molecule has 0 nitrogen and oxygen atoms in total. The van der Waals surface area contributed by atoms with E-state index in [9.17, 15) is 0 Å². The summed E-state index contributed by atoms with van der Waals surface area (Å²) in [5.41, 5.74) is 0. The predicted octanol–water partition coefficient (Wildman–Crippen LogP) is 7.93. The zero-order valence-electron chi connectivity index (χ0n) is 16.2. The van der Waals surface area contributed by atoms with Crippen LogP contribution in [-0.2, 0) is 0 Å². The Hall–Kier alpha value is 0.170. The number of hydrogen-bond acceptors (Lipinski definition) is 0. The van der Waals surface area contributed by atoms with E-state index in [0.29, 0.717) is 0 Å². The maximum absolute atomic E-state index is 2.46. The van der Waals surface area contributed by atoms with Gasteiger partial charge in [-0.2, -0.15) is 0 Å². The van der Waals surface area contributed by atoms with Crippen molar-refractivity contribution in [2.24, 2.45) is 0 Å². The molecule has 0 saturated carbocycles. The highest BCUT2D eigenvalue weighted by Crippen LogP contribution is 2.47. The van der Waals surface area contributed by atoms with Crippen molar-refractivity contribution in [1.29, 1.82) is 0 Å². The molecular weight excluding hydrogens is 283 g/mol. The Morgan fingerprint density at radius 2 is 0.955 bits per heavy atom. The normalized spacial score (nSPS) is 12.4. The van der Waals surface area contributed by atoms with Crippen LogP contribution in [-0.4, -0.2) is 26.2 Å². The van der Waals surface area contributed by atoms with Crippen LogP contribution in [0.2, 0.25) is 0 Å². The third kappa shape index (κ3) is 20.2. The molecule has 0 atom stereocenters.